The normalized spacial score (nSPS) is 8.22. The lowest BCUT2D eigenvalue weighted by atomic mass is 10.2. The highest BCUT2D eigenvalue weighted by atomic mass is 79.9. The van der Waals surface area contributed by atoms with Gasteiger partial charge in [0.05, 0.1) is 0 Å². The summed E-state index contributed by atoms with van der Waals surface area (Å²) >= 11 is 5.64. The van der Waals surface area contributed by atoms with Crippen molar-refractivity contribution in [2.24, 2.45) is 0 Å². The Bertz CT molecular complexity index is 169. The first-order chi connectivity index (χ1) is 3.79. The summed E-state index contributed by atoms with van der Waals surface area (Å²) in [6.07, 6.45) is 0. The first kappa shape index (κ1) is 8.99. The van der Waals surface area contributed by atoms with Crippen LogP contribution in [0.15, 0.2) is 24.3 Å². The zero-order valence-corrected chi connectivity index (χ0v) is 7.56. The lowest BCUT2D eigenvalue weighted by Gasteiger charge is -1.88. The topological polar surface area (TPSA) is 0 Å². The van der Waals surface area contributed by atoms with Crippen molar-refractivity contribution in [3.05, 3.63) is 34.9 Å². The number of aryl methyl sites for hydroxylation is 1. The summed E-state index contributed by atoms with van der Waals surface area (Å²) in [5.41, 5.74) is 1.21. The molecule has 2 heteroatoms. The van der Waals surface area contributed by atoms with Crippen molar-refractivity contribution in [1.29, 1.82) is 0 Å². The van der Waals surface area contributed by atoms with Crippen LogP contribution < -0.4 is 0 Å². The molecule has 0 fully saturated rings. The molecule has 0 unspecified atom stereocenters. The number of rotatable bonds is 0. The Morgan fingerprint density at radius 1 is 1.33 bits per heavy atom. The molecule has 0 aliphatic carbocycles. The van der Waals surface area contributed by atoms with Crippen LogP contribution in [0, 0.1) is 6.92 Å². The molecule has 50 valence electrons. The molecule has 0 atom stereocenters. The zero-order valence-electron chi connectivity index (χ0n) is 5.10. The molecule has 0 radical (unpaired) electrons. The standard InChI is InChI=1S/C7H7Cl.BrH/c1-6-3-2-4-7(8)5-6;/h2-5H,1H3;1H. The summed E-state index contributed by atoms with van der Waals surface area (Å²) in [6, 6.07) is 7.76. The quantitative estimate of drug-likeness (QED) is 0.613. The monoisotopic (exact) mass is 206 g/mol. The minimum Gasteiger partial charge on any atom is -0.114 e. The third-order valence-corrected chi connectivity index (χ3v) is 1.22. The Balaban J connectivity index is 0.000000640. The van der Waals surface area contributed by atoms with E-state index >= 15 is 0 Å². The molecule has 0 aliphatic rings. The van der Waals surface area contributed by atoms with E-state index in [1.165, 1.54) is 5.56 Å². The van der Waals surface area contributed by atoms with Gasteiger partial charge in [0.2, 0.25) is 0 Å². The minimum atomic E-state index is 0. The molecule has 0 aliphatic heterocycles. The predicted octanol–water partition coefficient (Wildman–Crippen LogP) is 3.23. The van der Waals surface area contributed by atoms with Gasteiger partial charge in [-0.1, -0.05) is 23.7 Å². The van der Waals surface area contributed by atoms with Crippen molar-refractivity contribution >= 4 is 28.6 Å². The third-order valence-electron chi connectivity index (χ3n) is 0.980. The van der Waals surface area contributed by atoms with Gasteiger partial charge in [-0.05, 0) is 24.6 Å². The van der Waals surface area contributed by atoms with E-state index in [-0.39, 0.29) is 17.0 Å². The van der Waals surface area contributed by atoms with Crippen molar-refractivity contribution in [2.45, 2.75) is 6.92 Å². The summed E-state index contributed by atoms with van der Waals surface area (Å²) in [6.45, 7) is 2.02. The van der Waals surface area contributed by atoms with Crippen LogP contribution in [0.5, 0.6) is 0 Å². The highest BCUT2D eigenvalue weighted by Gasteiger charge is 1.82. The van der Waals surface area contributed by atoms with Crippen molar-refractivity contribution < 1.29 is 0 Å². The number of halogens is 2. The smallest absolute Gasteiger partial charge is 0.0408 e. The van der Waals surface area contributed by atoms with E-state index in [4.69, 9.17) is 11.6 Å². The van der Waals surface area contributed by atoms with Gasteiger partial charge in [0.1, 0.15) is 0 Å². The number of hydrogen-bond acceptors (Lipinski definition) is 0. The molecule has 0 spiro atoms. The molecule has 1 aromatic carbocycles. The summed E-state index contributed by atoms with van der Waals surface area (Å²) in [5, 5.41) is 0.810. The number of hydrogen-bond donors (Lipinski definition) is 0. The second kappa shape index (κ2) is 3.91. The molecule has 0 bridgehead atoms. The van der Waals surface area contributed by atoms with Crippen LogP contribution in [-0.4, -0.2) is 0 Å². The molecule has 1 aromatic rings. The van der Waals surface area contributed by atoms with Gasteiger partial charge in [-0.15, -0.1) is 17.0 Å². The molecule has 0 aromatic heterocycles. The second-order valence-electron chi connectivity index (χ2n) is 1.80. The first-order valence-corrected chi connectivity index (χ1v) is 2.89. The van der Waals surface area contributed by atoms with E-state index in [0.717, 1.165) is 5.02 Å². The molecule has 0 amide bonds. The van der Waals surface area contributed by atoms with Crippen molar-refractivity contribution in [2.75, 3.05) is 0 Å². The highest BCUT2D eigenvalue weighted by molar-refractivity contribution is 8.93. The molecule has 1 rings (SSSR count). The van der Waals surface area contributed by atoms with Gasteiger partial charge in [0.15, 0.2) is 0 Å². The van der Waals surface area contributed by atoms with Crippen molar-refractivity contribution in [1.82, 2.24) is 0 Å². The zero-order chi connectivity index (χ0) is 5.98. The maximum Gasteiger partial charge on any atom is 0.0408 e. The second-order valence-corrected chi connectivity index (χ2v) is 2.24. The highest BCUT2D eigenvalue weighted by Crippen LogP contribution is 2.08. The fraction of sp³-hybridized carbons (Fsp3) is 0.143. The molecule has 0 heterocycles. The van der Waals surface area contributed by atoms with Gasteiger partial charge >= 0.3 is 0 Å². The van der Waals surface area contributed by atoms with E-state index in [1.54, 1.807) is 0 Å². The SMILES string of the molecule is Br.Cc1cccc(Cl)c1. The van der Waals surface area contributed by atoms with Crippen LogP contribution in [0.1, 0.15) is 5.56 Å². The Morgan fingerprint density at radius 2 is 2.00 bits per heavy atom. The molecular weight excluding hydrogens is 199 g/mol. The molecular formula is C7H8BrCl. The van der Waals surface area contributed by atoms with Crippen LogP contribution >= 0.6 is 28.6 Å². The predicted molar refractivity (Wildman–Crippen MR) is 46.5 cm³/mol. The maximum absolute atomic E-state index is 5.64. The fourth-order valence-electron chi connectivity index (χ4n) is 0.606. The summed E-state index contributed by atoms with van der Waals surface area (Å²) in [4.78, 5) is 0. The summed E-state index contributed by atoms with van der Waals surface area (Å²) in [7, 11) is 0. The van der Waals surface area contributed by atoms with Crippen LogP contribution in [0.25, 0.3) is 0 Å². The number of benzene rings is 1. The Morgan fingerprint density at radius 3 is 2.33 bits per heavy atom. The van der Waals surface area contributed by atoms with E-state index < -0.39 is 0 Å². The molecule has 0 saturated carbocycles. The van der Waals surface area contributed by atoms with Gasteiger partial charge in [-0.25, -0.2) is 0 Å². The van der Waals surface area contributed by atoms with Gasteiger partial charge in [0.25, 0.3) is 0 Å². The van der Waals surface area contributed by atoms with Crippen molar-refractivity contribution in [3.63, 3.8) is 0 Å². The van der Waals surface area contributed by atoms with Crippen molar-refractivity contribution in [3.8, 4) is 0 Å². The van der Waals surface area contributed by atoms with Gasteiger partial charge < -0.3 is 0 Å². The van der Waals surface area contributed by atoms with E-state index in [2.05, 4.69) is 0 Å². The summed E-state index contributed by atoms with van der Waals surface area (Å²) in [5.74, 6) is 0. The minimum absolute atomic E-state index is 0. The van der Waals surface area contributed by atoms with Gasteiger partial charge in [0, 0.05) is 5.02 Å². The van der Waals surface area contributed by atoms with Crippen LogP contribution in [-0.2, 0) is 0 Å². The third kappa shape index (κ3) is 2.87. The lowest BCUT2D eigenvalue weighted by Crippen LogP contribution is -1.66. The van der Waals surface area contributed by atoms with Gasteiger partial charge in [-0.2, -0.15) is 0 Å². The van der Waals surface area contributed by atoms with E-state index in [9.17, 15) is 0 Å². The van der Waals surface area contributed by atoms with E-state index in [1.807, 2.05) is 31.2 Å². The Kier molecular flexibility index (Phi) is 3.91. The molecule has 0 N–H and O–H groups in total. The average molecular weight is 207 g/mol. The van der Waals surface area contributed by atoms with Crippen LogP contribution in [0.4, 0.5) is 0 Å². The summed E-state index contributed by atoms with van der Waals surface area (Å²) < 4.78 is 0. The Labute approximate surface area is 70.6 Å². The molecule has 0 saturated heterocycles. The Hall–Kier alpha value is -0.0100. The van der Waals surface area contributed by atoms with Crippen LogP contribution in [0.3, 0.4) is 0 Å². The first-order valence-electron chi connectivity index (χ1n) is 2.51. The van der Waals surface area contributed by atoms with E-state index in [0.29, 0.717) is 0 Å². The largest absolute Gasteiger partial charge is 0.114 e. The van der Waals surface area contributed by atoms with Crippen LogP contribution in [0.2, 0.25) is 5.02 Å². The maximum atomic E-state index is 5.64. The average Bonchev–Trinajstić information content (AvgIpc) is 1.64. The molecule has 0 nitrogen and oxygen atoms in total. The van der Waals surface area contributed by atoms with Gasteiger partial charge in [-0.3, -0.25) is 0 Å². The lowest BCUT2D eigenvalue weighted by molar-refractivity contribution is 1.47. The fourth-order valence-corrected chi connectivity index (χ4v) is 0.850. The molecule has 9 heavy (non-hydrogen) atoms.